The molecule has 0 aliphatic heterocycles. The molecule has 0 bridgehead atoms. The molecule has 0 atom stereocenters. The number of ether oxygens (including phenoxy) is 1. The molecule has 86 valence electrons. The lowest BCUT2D eigenvalue weighted by molar-refractivity contribution is -0.136. The second-order valence-electron chi connectivity index (χ2n) is 3.50. The van der Waals surface area contributed by atoms with E-state index < -0.39 is 0 Å². The normalized spacial score (nSPS) is 11.2. The van der Waals surface area contributed by atoms with E-state index >= 15 is 0 Å². The highest BCUT2D eigenvalue weighted by atomic mass is 16.5. The van der Waals surface area contributed by atoms with E-state index in [1.54, 1.807) is 6.92 Å². The van der Waals surface area contributed by atoms with Crippen LogP contribution in [-0.2, 0) is 16.1 Å². The standard InChI is InChI=1S/C13H17NO2/c1-11(13(15)16-2)8-9-14-10-12-6-4-3-5-7-12/h3-8,14H,9-10H2,1-2H3/b11-8+. The second-order valence-corrected chi connectivity index (χ2v) is 3.50. The van der Waals surface area contributed by atoms with Gasteiger partial charge >= 0.3 is 5.97 Å². The minimum absolute atomic E-state index is 0.276. The molecular formula is C13H17NO2. The van der Waals surface area contributed by atoms with Crippen molar-refractivity contribution in [2.24, 2.45) is 0 Å². The van der Waals surface area contributed by atoms with E-state index in [4.69, 9.17) is 0 Å². The van der Waals surface area contributed by atoms with Crippen molar-refractivity contribution in [1.29, 1.82) is 0 Å². The quantitative estimate of drug-likeness (QED) is 0.467. The molecule has 3 heteroatoms. The van der Waals surface area contributed by atoms with Crippen molar-refractivity contribution in [3.8, 4) is 0 Å². The molecule has 0 unspecified atom stereocenters. The molecule has 0 amide bonds. The number of esters is 1. The smallest absolute Gasteiger partial charge is 0.333 e. The van der Waals surface area contributed by atoms with Crippen molar-refractivity contribution in [3.05, 3.63) is 47.5 Å². The zero-order valence-corrected chi connectivity index (χ0v) is 9.69. The minimum Gasteiger partial charge on any atom is -0.466 e. The van der Waals surface area contributed by atoms with E-state index in [-0.39, 0.29) is 5.97 Å². The van der Waals surface area contributed by atoms with E-state index in [1.807, 2.05) is 24.3 Å². The van der Waals surface area contributed by atoms with Crippen molar-refractivity contribution >= 4 is 5.97 Å². The van der Waals surface area contributed by atoms with Crippen LogP contribution in [0.25, 0.3) is 0 Å². The fourth-order valence-corrected chi connectivity index (χ4v) is 1.28. The first-order valence-corrected chi connectivity index (χ1v) is 5.23. The third kappa shape index (κ3) is 4.28. The molecule has 0 aromatic heterocycles. The van der Waals surface area contributed by atoms with Gasteiger partial charge in [0.25, 0.3) is 0 Å². The maximum atomic E-state index is 11.1. The summed E-state index contributed by atoms with van der Waals surface area (Å²) in [5.41, 5.74) is 1.86. The average molecular weight is 219 g/mol. The number of carbonyl (C=O) groups excluding carboxylic acids is 1. The first-order valence-electron chi connectivity index (χ1n) is 5.23. The Morgan fingerprint density at radius 1 is 1.38 bits per heavy atom. The molecule has 1 N–H and O–H groups in total. The van der Waals surface area contributed by atoms with E-state index in [2.05, 4.69) is 22.2 Å². The predicted octanol–water partition coefficient (Wildman–Crippen LogP) is 1.90. The Labute approximate surface area is 96.1 Å². The second kappa shape index (κ2) is 6.80. The van der Waals surface area contributed by atoms with Gasteiger partial charge in [-0.2, -0.15) is 0 Å². The molecule has 0 radical (unpaired) electrons. The van der Waals surface area contributed by atoms with Gasteiger partial charge < -0.3 is 10.1 Å². The molecule has 0 saturated heterocycles. The van der Waals surface area contributed by atoms with Crippen LogP contribution in [0.4, 0.5) is 0 Å². The summed E-state index contributed by atoms with van der Waals surface area (Å²) >= 11 is 0. The number of benzene rings is 1. The summed E-state index contributed by atoms with van der Waals surface area (Å²) in [6.45, 7) is 3.21. The lowest BCUT2D eigenvalue weighted by Crippen LogP contribution is -2.14. The van der Waals surface area contributed by atoms with Gasteiger partial charge in [0.15, 0.2) is 0 Å². The Morgan fingerprint density at radius 3 is 2.69 bits per heavy atom. The van der Waals surface area contributed by atoms with Crippen molar-refractivity contribution in [3.63, 3.8) is 0 Å². The topological polar surface area (TPSA) is 38.3 Å². The Morgan fingerprint density at radius 2 is 2.06 bits per heavy atom. The van der Waals surface area contributed by atoms with Gasteiger partial charge in [-0.05, 0) is 12.5 Å². The number of hydrogen-bond donors (Lipinski definition) is 1. The van der Waals surface area contributed by atoms with Crippen LogP contribution in [0.2, 0.25) is 0 Å². The Bertz CT molecular complexity index is 357. The highest BCUT2D eigenvalue weighted by Gasteiger charge is 2.00. The number of rotatable bonds is 5. The summed E-state index contributed by atoms with van der Waals surface area (Å²) in [5, 5.41) is 3.23. The molecule has 1 aromatic rings. The van der Waals surface area contributed by atoms with Gasteiger partial charge in [0.05, 0.1) is 7.11 Å². The minimum atomic E-state index is -0.276. The first-order chi connectivity index (χ1) is 7.74. The van der Waals surface area contributed by atoms with Crippen LogP contribution in [0.1, 0.15) is 12.5 Å². The van der Waals surface area contributed by atoms with Crippen LogP contribution < -0.4 is 5.32 Å². The van der Waals surface area contributed by atoms with E-state index in [0.717, 1.165) is 6.54 Å². The van der Waals surface area contributed by atoms with E-state index in [0.29, 0.717) is 12.1 Å². The van der Waals surface area contributed by atoms with E-state index in [9.17, 15) is 4.79 Å². The van der Waals surface area contributed by atoms with Crippen LogP contribution in [0.5, 0.6) is 0 Å². The van der Waals surface area contributed by atoms with Crippen molar-refractivity contribution < 1.29 is 9.53 Å². The number of carbonyl (C=O) groups is 1. The van der Waals surface area contributed by atoms with E-state index in [1.165, 1.54) is 12.7 Å². The average Bonchev–Trinajstić information content (AvgIpc) is 2.34. The molecule has 0 aliphatic carbocycles. The molecule has 0 heterocycles. The Kier molecular flexibility index (Phi) is 5.29. The van der Waals surface area contributed by atoms with Crippen LogP contribution >= 0.6 is 0 Å². The fraction of sp³-hybridized carbons (Fsp3) is 0.308. The first kappa shape index (κ1) is 12.5. The van der Waals surface area contributed by atoms with Crippen LogP contribution in [-0.4, -0.2) is 19.6 Å². The Hall–Kier alpha value is -1.61. The lowest BCUT2D eigenvalue weighted by Gasteiger charge is -2.02. The van der Waals surface area contributed by atoms with Crippen molar-refractivity contribution in [2.45, 2.75) is 13.5 Å². The van der Waals surface area contributed by atoms with Crippen LogP contribution in [0, 0.1) is 0 Å². The number of hydrogen-bond acceptors (Lipinski definition) is 3. The summed E-state index contributed by atoms with van der Waals surface area (Å²) in [4.78, 5) is 11.1. The SMILES string of the molecule is COC(=O)/C(C)=C/CNCc1ccccc1. The third-order valence-electron chi connectivity index (χ3n) is 2.23. The summed E-state index contributed by atoms with van der Waals surface area (Å²) in [6, 6.07) is 10.1. The van der Waals surface area contributed by atoms with Gasteiger partial charge in [-0.15, -0.1) is 0 Å². The maximum absolute atomic E-state index is 11.1. The molecule has 0 spiro atoms. The lowest BCUT2D eigenvalue weighted by atomic mass is 10.2. The largest absolute Gasteiger partial charge is 0.466 e. The predicted molar refractivity (Wildman–Crippen MR) is 63.9 cm³/mol. The molecule has 0 fully saturated rings. The number of methoxy groups -OCH3 is 1. The molecular weight excluding hydrogens is 202 g/mol. The van der Waals surface area contributed by atoms with Gasteiger partial charge in [0.1, 0.15) is 0 Å². The zero-order chi connectivity index (χ0) is 11.8. The third-order valence-corrected chi connectivity index (χ3v) is 2.23. The zero-order valence-electron chi connectivity index (χ0n) is 9.69. The molecule has 1 rings (SSSR count). The van der Waals surface area contributed by atoms with Gasteiger partial charge in [-0.25, -0.2) is 4.79 Å². The molecule has 1 aromatic carbocycles. The van der Waals surface area contributed by atoms with Gasteiger partial charge in [0.2, 0.25) is 0 Å². The van der Waals surface area contributed by atoms with Gasteiger partial charge in [-0.3, -0.25) is 0 Å². The highest BCUT2D eigenvalue weighted by Crippen LogP contribution is 1.98. The summed E-state index contributed by atoms with van der Waals surface area (Å²) < 4.78 is 4.59. The number of nitrogens with one attached hydrogen (secondary N) is 1. The highest BCUT2D eigenvalue weighted by molar-refractivity contribution is 5.87. The molecule has 0 saturated carbocycles. The molecule has 3 nitrogen and oxygen atoms in total. The fourth-order valence-electron chi connectivity index (χ4n) is 1.28. The van der Waals surface area contributed by atoms with Crippen molar-refractivity contribution in [2.75, 3.05) is 13.7 Å². The molecule has 0 aliphatic rings. The summed E-state index contributed by atoms with van der Waals surface area (Å²) in [5.74, 6) is -0.276. The maximum Gasteiger partial charge on any atom is 0.333 e. The summed E-state index contributed by atoms with van der Waals surface area (Å²) in [7, 11) is 1.39. The summed E-state index contributed by atoms with van der Waals surface area (Å²) in [6.07, 6.45) is 1.83. The van der Waals surface area contributed by atoms with Gasteiger partial charge in [-0.1, -0.05) is 36.4 Å². The monoisotopic (exact) mass is 219 g/mol. The van der Waals surface area contributed by atoms with Crippen molar-refractivity contribution in [1.82, 2.24) is 5.32 Å². The Balaban J connectivity index is 2.29. The van der Waals surface area contributed by atoms with Crippen LogP contribution in [0.3, 0.4) is 0 Å². The van der Waals surface area contributed by atoms with Crippen LogP contribution in [0.15, 0.2) is 42.0 Å². The molecule has 16 heavy (non-hydrogen) atoms. The van der Waals surface area contributed by atoms with Gasteiger partial charge in [0, 0.05) is 18.7 Å².